The Morgan fingerprint density at radius 1 is 0.590 bits per heavy atom. The molecular formula is C62H77BrMgN2O12. The monoisotopic (exact) mass is 1140 g/mol. The minimum absolute atomic E-state index is 0. The van der Waals surface area contributed by atoms with Gasteiger partial charge in [-0.25, -0.2) is 14.4 Å². The van der Waals surface area contributed by atoms with Gasteiger partial charge in [0.2, 0.25) is 0 Å². The summed E-state index contributed by atoms with van der Waals surface area (Å²) < 4.78 is 44.6. The third-order valence-electron chi connectivity index (χ3n) is 14.0. The van der Waals surface area contributed by atoms with Crippen LogP contribution in [0.2, 0.25) is 0 Å². The second kappa shape index (κ2) is 33.6. The Balaban J connectivity index is 0.000000240. The summed E-state index contributed by atoms with van der Waals surface area (Å²) in [7, 11) is 1.31. The summed E-state index contributed by atoms with van der Waals surface area (Å²) in [6.45, 7) is 10.4. The van der Waals surface area contributed by atoms with Crippen molar-refractivity contribution in [1.82, 2.24) is 9.80 Å². The molecule has 5 aliphatic rings. The van der Waals surface area contributed by atoms with E-state index in [2.05, 4.69) is 13.0 Å². The van der Waals surface area contributed by atoms with Gasteiger partial charge in [0, 0.05) is 32.8 Å². The second-order valence-electron chi connectivity index (χ2n) is 19.9. The van der Waals surface area contributed by atoms with E-state index in [1.54, 1.807) is 4.90 Å². The van der Waals surface area contributed by atoms with E-state index < -0.39 is 35.8 Å². The Hall–Kier alpha value is -4.88. The number of aliphatic hydroxyl groups is 1. The molecule has 0 bridgehead atoms. The Morgan fingerprint density at radius 3 is 1.44 bits per heavy atom. The van der Waals surface area contributed by atoms with Crippen LogP contribution in [0.3, 0.4) is 0 Å². The van der Waals surface area contributed by atoms with Gasteiger partial charge in [0.1, 0.15) is 24.9 Å². The molecule has 416 valence electrons. The number of nitrogens with zero attached hydrogens (tertiary/aromatic N) is 2. The van der Waals surface area contributed by atoms with Crippen LogP contribution in [0.1, 0.15) is 103 Å². The maximum absolute atomic E-state index is 13.6. The van der Waals surface area contributed by atoms with Crippen LogP contribution < -0.4 is 17.0 Å². The molecule has 5 aliphatic heterocycles. The van der Waals surface area contributed by atoms with Crippen molar-refractivity contribution in [1.29, 1.82) is 0 Å². The van der Waals surface area contributed by atoms with E-state index in [1.165, 1.54) is 30.4 Å². The first-order chi connectivity index (χ1) is 37.0. The molecular weight excluding hydrogens is 1070 g/mol. The summed E-state index contributed by atoms with van der Waals surface area (Å²) in [5.74, 6) is -0.461. The Kier molecular flexibility index (Phi) is 27.6. The number of carbonyl (C=O) groups is 3. The van der Waals surface area contributed by atoms with E-state index in [9.17, 15) is 19.5 Å². The minimum atomic E-state index is -1.46. The number of carbonyl (C=O) groups excluding carboxylic acids is 3. The molecule has 5 saturated heterocycles. The first-order valence-corrected chi connectivity index (χ1v) is 26.9. The predicted octanol–water partition coefficient (Wildman–Crippen LogP) is 7.56. The number of likely N-dealkylation sites (tertiary alicyclic amines) is 2. The zero-order valence-electron chi connectivity index (χ0n) is 45.8. The van der Waals surface area contributed by atoms with E-state index in [-0.39, 0.29) is 84.6 Å². The zero-order chi connectivity index (χ0) is 53.5. The SMILES string of the molecule is C1CCOC1.COC(=O)[C@@H]1C[C@@H](OC2CCCCO2)CN1C(=O)OCc1ccccc1.Cc1cc[c-]cc1.Cc1ccc(C(O)(c2ccc(C)cc2)[C@@H]2C[C@@H](OC3CCCCO3)CN2C(=O)OCc2ccccc2)cc1.[Br-].[Mg+2]. The van der Waals surface area contributed by atoms with Gasteiger partial charge in [-0.05, 0) is 93.9 Å². The summed E-state index contributed by atoms with van der Waals surface area (Å²) in [6.07, 6.45) is 7.12. The molecule has 0 aliphatic carbocycles. The van der Waals surface area contributed by atoms with Crippen molar-refractivity contribution >= 4 is 41.2 Å². The number of halogens is 1. The van der Waals surface area contributed by atoms with Crippen LogP contribution in [0.5, 0.6) is 0 Å². The van der Waals surface area contributed by atoms with Crippen LogP contribution in [0.25, 0.3) is 0 Å². The van der Waals surface area contributed by atoms with E-state index in [4.69, 9.17) is 37.9 Å². The van der Waals surface area contributed by atoms with Crippen LogP contribution in [0.4, 0.5) is 9.59 Å². The van der Waals surface area contributed by atoms with Crippen molar-refractivity contribution in [3.8, 4) is 0 Å². The van der Waals surface area contributed by atoms with Gasteiger partial charge in [0.25, 0.3) is 0 Å². The first kappa shape index (κ1) is 63.9. The molecule has 10 rings (SSSR count). The molecule has 2 amide bonds. The second-order valence-corrected chi connectivity index (χ2v) is 19.9. The third-order valence-corrected chi connectivity index (χ3v) is 14.0. The van der Waals surface area contributed by atoms with Gasteiger partial charge in [-0.2, -0.15) is 35.9 Å². The average Bonchev–Trinajstić information content (AvgIpc) is 4.31. The number of methoxy groups -OCH3 is 1. The van der Waals surface area contributed by atoms with Gasteiger partial charge in [-0.15, -0.1) is 0 Å². The van der Waals surface area contributed by atoms with Crippen LogP contribution >= 0.6 is 0 Å². The molecule has 5 aromatic rings. The van der Waals surface area contributed by atoms with E-state index in [1.807, 2.05) is 147 Å². The van der Waals surface area contributed by atoms with E-state index >= 15 is 0 Å². The first-order valence-electron chi connectivity index (χ1n) is 26.9. The van der Waals surface area contributed by atoms with Crippen LogP contribution in [0.15, 0.2) is 133 Å². The Morgan fingerprint density at radius 2 is 1.03 bits per heavy atom. The molecule has 5 heterocycles. The van der Waals surface area contributed by atoms with Gasteiger partial charge in [0.05, 0.1) is 38.4 Å². The van der Waals surface area contributed by atoms with Gasteiger partial charge in [-0.3, -0.25) is 9.80 Å². The predicted molar refractivity (Wildman–Crippen MR) is 294 cm³/mol. The van der Waals surface area contributed by atoms with Gasteiger partial charge >= 0.3 is 41.2 Å². The van der Waals surface area contributed by atoms with Gasteiger partial charge < -0.3 is 60.0 Å². The molecule has 6 atom stereocenters. The van der Waals surface area contributed by atoms with E-state index in [0.29, 0.717) is 32.6 Å². The molecule has 0 spiro atoms. The number of amides is 2. The molecule has 2 unspecified atom stereocenters. The number of esters is 1. The number of hydrogen-bond acceptors (Lipinski definition) is 12. The van der Waals surface area contributed by atoms with Gasteiger partial charge in [-0.1, -0.05) is 127 Å². The average molecular weight is 1150 g/mol. The number of rotatable bonds is 12. The zero-order valence-corrected chi connectivity index (χ0v) is 48.8. The molecule has 5 aromatic carbocycles. The third kappa shape index (κ3) is 19.4. The summed E-state index contributed by atoms with van der Waals surface area (Å²) in [6, 6.07) is 44.3. The van der Waals surface area contributed by atoms with E-state index in [0.717, 1.165) is 85.1 Å². The largest absolute Gasteiger partial charge is 2.00 e. The van der Waals surface area contributed by atoms with Crippen LogP contribution in [-0.4, -0.2) is 140 Å². The summed E-state index contributed by atoms with van der Waals surface area (Å²) >= 11 is 0. The number of aryl methyl sites for hydroxylation is 3. The maximum atomic E-state index is 13.6. The van der Waals surface area contributed by atoms with Crippen molar-refractivity contribution in [2.75, 3.05) is 46.6 Å². The molecule has 0 radical (unpaired) electrons. The fraction of sp³-hybridized carbons (Fsp3) is 0.468. The van der Waals surface area contributed by atoms with Crippen molar-refractivity contribution in [2.24, 2.45) is 0 Å². The number of hydrogen-bond donors (Lipinski definition) is 1. The Bertz CT molecular complexity index is 2430. The van der Waals surface area contributed by atoms with Crippen molar-refractivity contribution in [3.63, 3.8) is 0 Å². The van der Waals surface area contributed by atoms with Crippen LogP contribution in [0, 0.1) is 26.8 Å². The maximum Gasteiger partial charge on any atom is 2.00 e. The van der Waals surface area contributed by atoms with Crippen molar-refractivity contribution in [2.45, 2.75) is 141 Å². The molecule has 0 aromatic heterocycles. The molecule has 1 N–H and O–H groups in total. The molecule has 5 fully saturated rings. The fourth-order valence-corrected chi connectivity index (χ4v) is 9.77. The van der Waals surface area contributed by atoms with Crippen molar-refractivity contribution < 1.29 is 74.4 Å². The number of benzene rings is 5. The van der Waals surface area contributed by atoms with Crippen LogP contribution in [-0.2, 0) is 61.5 Å². The smallest absolute Gasteiger partial charge is 1.00 e. The summed E-state index contributed by atoms with van der Waals surface area (Å²) in [5, 5.41) is 12.6. The summed E-state index contributed by atoms with van der Waals surface area (Å²) in [4.78, 5) is 41.2. The standard InChI is InChI=1S/C32H37NO5.C19H25NO6.C7H7.C4H8O.BrH.Mg/c1-23-11-15-26(16-12-23)32(35,27-17-13-24(2)14-18-27)29-20-28(38-30-10-6-7-19-36-30)21-33(29)31(34)37-22-25-8-4-3-5-9-25;1-23-18(21)16-11-15(26-17-9-5-6-10-24-17)12-20(16)19(22)25-13-14-7-3-2-4-8-14;1-7-5-3-2-4-6-7;1-2-4-5-3-1;;/h3-5,8-9,11-18,28-30,35H,6-7,10,19-22H2,1-2H3;2-4,7-8,15-17H,5-6,9-13H2,1H3;3-6H,1H3;1-4H2;1H;/q;;-1;;;+2/p-1/t28-,29+,30?;15-,16+,17?;;;;/m11..../s1. The quantitative estimate of drug-likeness (QED) is 0.0569. The fourth-order valence-electron chi connectivity index (χ4n) is 9.77. The minimum Gasteiger partial charge on any atom is -1.00 e. The number of ether oxygens (including phenoxy) is 8. The normalized spacial score (nSPS) is 21.6. The molecule has 14 nitrogen and oxygen atoms in total. The Labute approximate surface area is 488 Å². The molecule has 16 heteroatoms. The topological polar surface area (TPSA) is 152 Å². The molecule has 78 heavy (non-hydrogen) atoms. The summed E-state index contributed by atoms with van der Waals surface area (Å²) in [5.41, 5.74) is 5.28. The van der Waals surface area contributed by atoms with Crippen molar-refractivity contribution in [3.05, 3.63) is 178 Å². The van der Waals surface area contributed by atoms with Gasteiger partial charge in [0.15, 0.2) is 12.6 Å². The molecule has 0 saturated carbocycles.